The summed E-state index contributed by atoms with van der Waals surface area (Å²) in [4.78, 5) is 22.7. The van der Waals surface area contributed by atoms with Gasteiger partial charge >= 0.3 is 5.97 Å². The van der Waals surface area contributed by atoms with Crippen LogP contribution in [-0.4, -0.2) is 25.0 Å². The van der Waals surface area contributed by atoms with E-state index in [0.717, 1.165) is 0 Å². The second-order valence-corrected chi connectivity index (χ2v) is 4.56. The van der Waals surface area contributed by atoms with Crippen LogP contribution in [0.25, 0.3) is 0 Å². The molecule has 1 aromatic rings. The molecule has 0 aliphatic heterocycles. The van der Waals surface area contributed by atoms with Crippen LogP contribution in [0.15, 0.2) is 18.2 Å². The molecular formula is C13H19N3O3. The highest BCUT2D eigenvalue weighted by atomic mass is 16.5. The van der Waals surface area contributed by atoms with Crippen molar-refractivity contribution in [2.75, 3.05) is 18.2 Å². The number of esters is 1. The average Bonchev–Trinajstić information content (AvgIpc) is 2.35. The van der Waals surface area contributed by atoms with Crippen molar-refractivity contribution in [1.82, 2.24) is 0 Å². The van der Waals surface area contributed by atoms with Gasteiger partial charge in [0.2, 0.25) is 5.91 Å². The summed E-state index contributed by atoms with van der Waals surface area (Å²) in [5, 5.41) is 3.01. The molecule has 1 unspecified atom stereocenters. The maximum Gasteiger partial charge on any atom is 0.328 e. The average molecular weight is 265 g/mol. The highest BCUT2D eigenvalue weighted by Gasteiger charge is 2.23. The topological polar surface area (TPSA) is 107 Å². The summed E-state index contributed by atoms with van der Waals surface area (Å²) < 4.78 is 4.73. The van der Waals surface area contributed by atoms with Crippen LogP contribution in [0, 0.1) is 5.92 Å². The summed E-state index contributed by atoms with van der Waals surface area (Å²) in [5.41, 5.74) is 12.2. The van der Waals surface area contributed by atoms with Crippen LogP contribution >= 0.6 is 0 Å². The number of nitrogens with two attached hydrogens (primary N) is 2. The standard InChI is InChI=1S/C13H19N3O3/c1-7(2)11(13(18)19-3)16-10-5-4-8(12(15)17)6-9(10)14/h4-7,11,16H,14H2,1-3H3,(H2,15,17). The van der Waals surface area contributed by atoms with Crippen molar-refractivity contribution in [3.05, 3.63) is 23.8 Å². The van der Waals surface area contributed by atoms with Crippen LogP contribution in [0.3, 0.4) is 0 Å². The van der Waals surface area contributed by atoms with Crippen molar-refractivity contribution in [1.29, 1.82) is 0 Å². The van der Waals surface area contributed by atoms with E-state index in [1.165, 1.54) is 13.2 Å². The molecule has 1 aromatic carbocycles. The van der Waals surface area contributed by atoms with Crippen LogP contribution in [0.4, 0.5) is 11.4 Å². The largest absolute Gasteiger partial charge is 0.467 e. The minimum Gasteiger partial charge on any atom is -0.467 e. The molecule has 5 N–H and O–H groups in total. The SMILES string of the molecule is COC(=O)C(Nc1ccc(C(N)=O)cc1N)C(C)C. The maximum atomic E-state index is 11.6. The summed E-state index contributed by atoms with van der Waals surface area (Å²) in [6, 6.07) is 4.13. The van der Waals surface area contributed by atoms with Gasteiger partial charge in [-0.1, -0.05) is 13.8 Å². The number of amides is 1. The molecule has 0 radical (unpaired) electrons. The summed E-state index contributed by atoms with van der Waals surface area (Å²) >= 11 is 0. The van der Waals surface area contributed by atoms with Crippen molar-refractivity contribution in [2.24, 2.45) is 11.7 Å². The molecule has 104 valence electrons. The molecule has 0 heterocycles. The van der Waals surface area contributed by atoms with Crippen molar-refractivity contribution < 1.29 is 14.3 Å². The molecule has 0 aliphatic carbocycles. The summed E-state index contributed by atoms with van der Waals surface area (Å²) in [7, 11) is 1.33. The molecule has 0 bridgehead atoms. The number of hydrogen-bond acceptors (Lipinski definition) is 5. The molecular weight excluding hydrogens is 246 g/mol. The Balaban J connectivity index is 2.97. The molecule has 1 rings (SSSR count). The van der Waals surface area contributed by atoms with Gasteiger partial charge in [0.25, 0.3) is 0 Å². The molecule has 6 heteroatoms. The van der Waals surface area contributed by atoms with Gasteiger partial charge in [-0.25, -0.2) is 4.79 Å². The number of nitrogen functional groups attached to an aromatic ring is 1. The molecule has 6 nitrogen and oxygen atoms in total. The first-order valence-electron chi connectivity index (χ1n) is 5.90. The minimum absolute atomic E-state index is 0.0302. The van der Waals surface area contributed by atoms with Gasteiger partial charge in [0.15, 0.2) is 0 Å². The first kappa shape index (κ1) is 14.8. The normalized spacial score (nSPS) is 12.0. The molecule has 0 aromatic heterocycles. The first-order chi connectivity index (χ1) is 8.86. The quantitative estimate of drug-likeness (QED) is 0.543. The third-order valence-electron chi connectivity index (χ3n) is 2.77. The Bertz CT molecular complexity index is 486. The monoisotopic (exact) mass is 265 g/mol. The molecule has 0 saturated carbocycles. The van der Waals surface area contributed by atoms with Crippen LogP contribution in [0.2, 0.25) is 0 Å². The molecule has 0 saturated heterocycles. The number of carbonyl (C=O) groups excluding carboxylic acids is 2. The molecule has 0 spiro atoms. The molecule has 1 amide bonds. The van der Waals surface area contributed by atoms with Gasteiger partial charge in [-0.2, -0.15) is 0 Å². The highest BCUT2D eigenvalue weighted by Crippen LogP contribution is 2.22. The molecule has 0 fully saturated rings. The fraction of sp³-hybridized carbons (Fsp3) is 0.385. The fourth-order valence-electron chi connectivity index (χ4n) is 1.64. The molecule has 1 atom stereocenters. The van der Waals surface area contributed by atoms with Gasteiger partial charge in [-0.05, 0) is 24.1 Å². The zero-order valence-corrected chi connectivity index (χ0v) is 11.3. The predicted octanol–water partition coefficient (Wildman–Crippen LogP) is 0.977. The minimum atomic E-state index is -0.549. The zero-order valence-electron chi connectivity index (χ0n) is 11.3. The van der Waals surface area contributed by atoms with Crippen LogP contribution in [0.5, 0.6) is 0 Å². The first-order valence-corrected chi connectivity index (χ1v) is 5.90. The third kappa shape index (κ3) is 3.61. The van der Waals surface area contributed by atoms with Gasteiger partial charge in [-0.15, -0.1) is 0 Å². The maximum absolute atomic E-state index is 11.6. The Morgan fingerprint density at radius 1 is 1.32 bits per heavy atom. The van der Waals surface area contributed by atoms with Gasteiger partial charge in [-0.3, -0.25) is 4.79 Å². The number of carbonyl (C=O) groups is 2. The Labute approximate surface area is 112 Å². The van der Waals surface area contributed by atoms with E-state index < -0.39 is 11.9 Å². The van der Waals surface area contributed by atoms with Crippen molar-refractivity contribution in [3.8, 4) is 0 Å². The van der Waals surface area contributed by atoms with Crippen LogP contribution in [0.1, 0.15) is 24.2 Å². The Kier molecular flexibility index (Phi) is 4.74. The lowest BCUT2D eigenvalue weighted by Crippen LogP contribution is -2.35. The highest BCUT2D eigenvalue weighted by molar-refractivity contribution is 5.95. The van der Waals surface area contributed by atoms with Gasteiger partial charge in [0.1, 0.15) is 6.04 Å². The Morgan fingerprint density at radius 2 is 1.95 bits per heavy atom. The number of anilines is 2. The summed E-state index contributed by atoms with van der Waals surface area (Å²) in [6.45, 7) is 3.78. The van der Waals surface area contributed by atoms with E-state index in [1.54, 1.807) is 12.1 Å². The second-order valence-electron chi connectivity index (χ2n) is 4.56. The molecule has 0 aliphatic rings. The van der Waals surface area contributed by atoms with Crippen LogP contribution < -0.4 is 16.8 Å². The number of rotatable bonds is 5. The lowest BCUT2D eigenvalue weighted by molar-refractivity contribution is -0.142. The van der Waals surface area contributed by atoms with Crippen molar-refractivity contribution >= 4 is 23.3 Å². The Hall–Kier alpha value is -2.24. The zero-order chi connectivity index (χ0) is 14.6. The van der Waals surface area contributed by atoms with Crippen molar-refractivity contribution in [3.63, 3.8) is 0 Å². The fourth-order valence-corrected chi connectivity index (χ4v) is 1.64. The van der Waals surface area contributed by atoms with E-state index in [0.29, 0.717) is 16.9 Å². The lowest BCUT2D eigenvalue weighted by atomic mass is 10.0. The van der Waals surface area contributed by atoms with E-state index in [4.69, 9.17) is 16.2 Å². The summed E-state index contributed by atoms with van der Waals surface area (Å²) in [6.07, 6.45) is 0. The van der Waals surface area contributed by atoms with Gasteiger partial charge in [0, 0.05) is 5.56 Å². The van der Waals surface area contributed by atoms with E-state index in [9.17, 15) is 9.59 Å². The second kappa shape index (κ2) is 6.08. The van der Waals surface area contributed by atoms with E-state index in [2.05, 4.69) is 5.32 Å². The number of ether oxygens (including phenoxy) is 1. The number of hydrogen-bond donors (Lipinski definition) is 3. The van der Waals surface area contributed by atoms with E-state index in [-0.39, 0.29) is 11.9 Å². The van der Waals surface area contributed by atoms with Crippen molar-refractivity contribution in [2.45, 2.75) is 19.9 Å². The number of nitrogens with one attached hydrogen (secondary N) is 1. The predicted molar refractivity (Wildman–Crippen MR) is 73.6 cm³/mol. The van der Waals surface area contributed by atoms with E-state index in [1.807, 2.05) is 13.8 Å². The number of primary amides is 1. The molecule has 19 heavy (non-hydrogen) atoms. The Morgan fingerprint density at radius 3 is 2.37 bits per heavy atom. The third-order valence-corrected chi connectivity index (χ3v) is 2.77. The van der Waals surface area contributed by atoms with E-state index >= 15 is 0 Å². The smallest absolute Gasteiger partial charge is 0.328 e. The van der Waals surface area contributed by atoms with Crippen LogP contribution in [-0.2, 0) is 9.53 Å². The number of methoxy groups -OCH3 is 1. The number of benzene rings is 1. The summed E-state index contributed by atoms with van der Waals surface area (Å²) in [5.74, 6) is -0.886. The van der Waals surface area contributed by atoms with Gasteiger partial charge in [0.05, 0.1) is 18.5 Å². The van der Waals surface area contributed by atoms with Gasteiger partial charge < -0.3 is 21.5 Å². The lowest BCUT2D eigenvalue weighted by Gasteiger charge is -2.22.